The van der Waals surface area contributed by atoms with Gasteiger partial charge in [-0.1, -0.05) is 6.08 Å². The van der Waals surface area contributed by atoms with Crippen LogP contribution in [0.3, 0.4) is 0 Å². The van der Waals surface area contributed by atoms with Gasteiger partial charge < -0.3 is 4.42 Å². The number of rotatable bonds is 2. The summed E-state index contributed by atoms with van der Waals surface area (Å²) in [5.41, 5.74) is 3.46. The summed E-state index contributed by atoms with van der Waals surface area (Å²) in [6.07, 6.45) is 8.96. The molecule has 2 unspecified atom stereocenters. The number of hydrogen-bond donors (Lipinski definition) is 0. The van der Waals surface area contributed by atoms with E-state index in [0.717, 1.165) is 24.2 Å². The topological polar surface area (TPSA) is 59.6 Å². The van der Waals surface area contributed by atoms with Gasteiger partial charge in [0.25, 0.3) is 0 Å². The molecule has 0 radical (unpaired) electrons. The first-order valence-electron chi connectivity index (χ1n) is 7.92. The van der Waals surface area contributed by atoms with Crippen LogP contribution >= 0.6 is 0 Å². The maximum Gasteiger partial charge on any atom is 0.176 e. The van der Waals surface area contributed by atoms with Gasteiger partial charge in [0.2, 0.25) is 0 Å². The summed E-state index contributed by atoms with van der Waals surface area (Å²) in [4.78, 5) is 4.31. The Morgan fingerprint density at radius 3 is 2.78 bits per heavy atom. The Labute approximate surface area is 137 Å². The van der Waals surface area contributed by atoms with E-state index in [4.69, 9.17) is 4.42 Å². The van der Waals surface area contributed by atoms with Crippen molar-refractivity contribution in [2.75, 3.05) is 0 Å². The summed E-state index contributed by atoms with van der Waals surface area (Å²) in [5.74, 6) is 1.37. The smallest absolute Gasteiger partial charge is 0.176 e. The highest BCUT2D eigenvalue weighted by molar-refractivity contribution is 7.95. The standard InChI is InChI=1S/C18H23NO3S/c1-12-9-19-10-14-11-22-16-8-13(7-15(12)17(14)16)5-6-23(20,21)18(2,3)4/h5-6,9-11,13,15H,7-8H2,1-4H3. The molecule has 1 aromatic heterocycles. The van der Waals surface area contributed by atoms with E-state index in [1.54, 1.807) is 27.0 Å². The van der Waals surface area contributed by atoms with Crippen molar-refractivity contribution in [2.45, 2.75) is 51.2 Å². The molecule has 0 bridgehead atoms. The van der Waals surface area contributed by atoms with Crippen LogP contribution in [0.2, 0.25) is 0 Å². The minimum Gasteiger partial charge on any atom is -0.468 e. The third-order valence-electron chi connectivity index (χ3n) is 4.70. The van der Waals surface area contributed by atoms with Gasteiger partial charge in [-0.3, -0.25) is 4.99 Å². The van der Waals surface area contributed by atoms with E-state index >= 15 is 0 Å². The van der Waals surface area contributed by atoms with Gasteiger partial charge in [-0.05, 0) is 45.6 Å². The van der Waals surface area contributed by atoms with Crippen LogP contribution in [0.15, 0.2) is 38.9 Å². The molecule has 1 aliphatic carbocycles. The predicted octanol–water partition coefficient (Wildman–Crippen LogP) is 3.99. The average Bonchev–Trinajstić information content (AvgIpc) is 2.78. The van der Waals surface area contributed by atoms with Gasteiger partial charge >= 0.3 is 0 Å². The van der Waals surface area contributed by atoms with Crippen molar-refractivity contribution in [3.05, 3.63) is 46.4 Å². The SMILES string of the molecule is CC1=CN=Cc2coc3c2C1CC(C=CS(=O)(=O)C(C)(C)C)C3. The van der Waals surface area contributed by atoms with Crippen molar-refractivity contribution in [1.29, 1.82) is 0 Å². The molecule has 0 fully saturated rings. The van der Waals surface area contributed by atoms with E-state index in [0.29, 0.717) is 0 Å². The highest BCUT2D eigenvalue weighted by Crippen LogP contribution is 2.43. The minimum absolute atomic E-state index is 0.157. The van der Waals surface area contributed by atoms with Gasteiger partial charge in [0.15, 0.2) is 9.84 Å². The zero-order chi connectivity index (χ0) is 16.8. The molecule has 0 N–H and O–H groups in total. The Morgan fingerprint density at radius 2 is 2.09 bits per heavy atom. The summed E-state index contributed by atoms with van der Waals surface area (Å²) in [6, 6.07) is 0. The largest absolute Gasteiger partial charge is 0.468 e. The second kappa shape index (κ2) is 5.48. The van der Waals surface area contributed by atoms with E-state index < -0.39 is 14.6 Å². The van der Waals surface area contributed by atoms with Crippen molar-refractivity contribution in [1.82, 2.24) is 0 Å². The summed E-state index contributed by atoms with van der Waals surface area (Å²) >= 11 is 0. The van der Waals surface area contributed by atoms with Gasteiger partial charge in [0, 0.05) is 41.3 Å². The van der Waals surface area contributed by atoms with Crippen LogP contribution in [0.25, 0.3) is 0 Å². The third kappa shape index (κ3) is 2.94. The van der Waals surface area contributed by atoms with Crippen molar-refractivity contribution < 1.29 is 12.8 Å². The van der Waals surface area contributed by atoms with Crippen LogP contribution in [0.5, 0.6) is 0 Å². The van der Waals surface area contributed by atoms with Gasteiger partial charge in [0.1, 0.15) is 5.76 Å². The van der Waals surface area contributed by atoms with Crippen molar-refractivity contribution in [3.63, 3.8) is 0 Å². The minimum atomic E-state index is -3.25. The molecule has 0 aromatic carbocycles. The summed E-state index contributed by atoms with van der Waals surface area (Å²) in [6.45, 7) is 7.24. The summed E-state index contributed by atoms with van der Waals surface area (Å²) in [7, 11) is -3.25. The molecule has 0 saturated heterocycles. The summed E-state index contributed by atoms with van der Waals surface area (Å²) in [5, 5.41) is 1.39. The molecular weight excluding hydrogens is 310 g/mol. The third-order valence-corrected chi connectivity index (χ3v) is 6.92. The lowest BCUT2D eigenvalue weighted by Crippen LogP contribution is -2.26. The number of allylic oxidation sites excluding steroid dienone is 2. The molecule has 3 rings (SSSR count). The van der Waals surface area contributed by atoms with Crippen molar-refractivity contribution in [2.24, 2.45) is 10.9 Å². The molecule has 1 aromatic rings. The Morgan fingerprint density at radius 1 is 1.35 bits per heavy atom. The van der Waals surface area contributed by atoms with E-state index in [2.05, 4.69) is 11.9 Å². The molecule has 5 heteroatoms. The molecule has 23 heavy (non-hydrogen) atoms. The van der Waals surface area contributed by atoms with Crippen LogP contribution < -0.4 is 0 Å². The van der Waals surface area contributed by atoms with E-state index in [1.807, 2.05) is 18.5 Å². The van der Waals surface area contributed by atoms with Crippen LogP contribution in [0, 0.1) is 5.92 Å². The molecule has 2 heterocycles. The van der Waals surface area contributed by atoms with Gasteiger partial charge in [-0.2, -0.15) is 0 Å². The van der Waals surface area contributed by atoms with Crippen LogP contribution in [-0.4, -0.2) is 19.4 Å². The van der Waals surface area contributed by atoms with E-state index in [1.165, 1.54) is 16.5 Å². The maximum absolute atomic E-state index is 12.3. The quantitative estimate of drug-likeness (QED) is 0.822. The van der Waals surface area contributed by atoms with Gasteiger partial charge in [-0.25, -0.2) is 8.42 Å². The Balaban J connectivity index is 1.90. The lowest BCUT2D eigenvalue weighted by atomic mass is 9.76. The molecule has 4 nitrogen and oxygen atoms in total. The highest BCUT2D eigenvalue weighted by Gasteiger charge is 2.33. The number of sulfone groups is 1. The lowest BCUT2D eigenvalue weighted by Gasteiger charge is -2.27. The van der Waals surface area contributed by atoms with Crippen LogP contribution in [0.4, 0.5) is 0 Å². The fourth-order valence-electron chi connectivity index (χ4n) is 3.12. The van der Waals surface area contributed by atoms with Crippen LogP contribution in [0.1, 0.15) is 56.9 Å². The molecule has 0 saturated carbocycles. The van der Waals surface area contributed by atoms with E-state index in [9.17, 15) is 8.42 Å². The molecule has 2 aliphatic rings. The molecule has 124 valence electrons. The molecule has 0 spiro atoms. The number of furan rings is 1. The van der Waals surface area contributed by atoms with E-state index in [-0.39, 0.29) is 11.8 Å². The predicted molar refractivity (Wildman–Crippen MR) is 92.4 cm³/mol. The Kier molecular flexibility index (Phi) is 3.87. The fourth-order valence-corrected chi connectivity index (χ4v) is 3.96. The normalized spacial score (nSPS) is 24.4. The highest BCUT2D eigenvalue weighted by atomic mass is 32.2. The molecular formula is C18H23NO3S. The molecule has 2 atom stereocenters. The Hall–Kier alpha value is -1.62. The second-order valence-electron chi connectivity index (χ2n) is 7.42. The first-order valence-corrected chi connectivity index (χ1v) is 9.46. The Bertz CT molecular complexity index is 804. The zero-order valence-electron chi connectivity index (χ0n) is 14.0. The van der Waals surface area contributed by atoms with Gasteiger partial charge in [0.05, 0.1) is 11.0 Å². The number of aliphatic imine (C=N–C) groups is 1. The van der Waals surface area contributed by atoms with Crippen molar-refractivity contribution >= 4 is 16.1 Å². The average molecular weight is 333 g/mol. The monoisotopic (exact) mass is 333 g/mol. The zero-order valence-corrected chi connectivity index (χ0v) is 14.9. The molecule has 0 amide bonds. The number of nitrogens with zero attached hydrogens (tertiary/aromatic N) is 1. The summed E-state index contributed by atoms with van der Waals surface area (Å²) < 4.78 is 29.5. The first-order chi connectivity index (χ1) is 10.7. The number of hydrogen-bond acceptors (Lipinski definition) is 4. The first kappa shape index (κ1) is 16.2. The second-order valence-corrected chi connectivity index (χ2v) is 10.0. The maximum atomic E-state index is 12.3. The fraction of sp³-hybridized carbons (Fsp3) is 0.500. The molecule has 1 aliphatic heterocycles. The van der Waals surface area contributed by atoms with Crippen LogP contribution in [-0.2, 0) is 16.3 Å². The van der Waals surface area contributed by atoms with Crippen molar-refractivity contribution in [3.8, 4) is 0 Å². The lowest BCUT2D eigenvalue weighted by molar-refractivity contribution is 0.416. The van der Waals surface area contributed by atoms with Gasteiger partial charge in [-0.15, -0.1) is 0 Å².